The minimum absolute atomic E-state index is 0.263. The maximum absolute atomic E-state index is 11.0. The van der Waals surface area contributed by atoms with Crippen LogP contribution in [-0.2, 0) is 4.79 Å². The summed E-state index contributed by atoms with van der Waals surface area (Å²) >= 11 is 5.83. The molecule has 98 valence electrons. The molecule has 5 N–H and O–H groups in total. The summed E-state index contributed by atoms with van der Waals surface area (Å²) in [5, 5.41) is 22.5. The Bertz CT molecular complexity index is 589. The summed E-state index contributed by atoms with van der Waals surface area (Å²) in [6, 6.07) is 6.36. The van der Waals surface area contributed by atoms with E-state index in [9.17, 15) is 4.79 Å². The van der Waals surface area contributed by atoms with E-state index in [4.69, 9.17) is 28.0 Å². The molecule has 0 unspecified atom stereocenters. The summed E-state index contributed by atoms with van der Waals surface area (Å²) in [5.74, 6) is -0.723. The number of nitrogens with zero attached hydrogens (tertiary/aromatic N) is 2. The molecule has 7 nitrogen and oxygen atoms in total. The Morgan fingerprint density at radius 3 is 2.74 bits per heavy atom. The van der Waals surface area contributed by atoms with Crippen molar-refractivity contribution in [3.63, 3.8) is 0 Å². The lowest BCUT2D eigenvalue weighted by Crippen LogP contribution is -2.22. The molecule has 1 aromatic rings. The first kappa shape index (κ1) is 14.5. The van der Waals surface area contributed by atoms with Crippen LogP contribution in [0.3, 0.4) is 0 Å². The Morgan fingerprint density at radius 1 is 1.53 bits per heavy atom. The van der Waals surface area contributed by atoms with E-state index in [0.29, 0.717) is 16.4 Å². The first-order valence-electron chi connectivity index (χ1n) is 5.09. The fourth-order valence-corrected chi connectivity index (χ4v) is 1.34. The van der Waals surface area contributed by atoms with Crippen molar-refractivity contribution in [2.45, 2.75) is 6.92 Å². The second kappa shape index (κ2) is 6.37. The van der Waals surface area contributed by atoms with Crippen molar-refractivity contribution in [1.82, 2.24) is 0 Å². The van der Waals surface area contributed by atoms with Gasteiger partial charge in [0.25, 0.3) is 0 Å². The number of rotatable bonds is 4. The van der Waals surface area contributed by atoms with Crippen LogP contribution in [0.25, 0.3) is 0 Å². The van der Waals surface area contributed by atoms with Gasteiger partial charge in [0, 0.05) is 11.9 Å². The van der Waals surface area contributed by atoms with E-state index in [1.807, 2.05) is 0 Å². The molecule has 0 saturated carbocycles. The zero-order chi connectivity index (χ0) is 14.4. The number of nitriles is 1. The van der Waals surface area contributed by atoms with E-state index in [0.717, 1.165) is 0 Å². The topological polar surface area (TPSA) is 127 Å². The van der Waals surface area contributed by atoms with Gasteiger partial charge >= 0.3 is 0 Å². The van der Waals surface area contributed by atoms with Gasteiger partial charge in [0.2, 0.25) is 11.6 Å². The summed E-state index contributed by atoms with van der Waals surface area (Å²) in [6.07, 6.45) is 0. The minimum atomic E-state index is -0.460. The van der Waals surface area contributed by atoms with Gasteiger partial charge in [0.05, 0.1) is 11.4 Å². The Hall–Kier alpha value is -2.59. The normalized spacial score (nSPS) is 10.5. The third kappa shape index (κ3) is 4.29. The molecule has 19 heavy (non-hydrogen) atoms. The molecule has 0 atom stereocenters. The number of benzene rings is 1. The molecule has 0 heterocycles. The molecule has 0 saturated heterocycles. The van der Waals surface area contributed by atoms with Crippen molar-refractivity contribution in [2.75, 3.05) is 10.7 Å². The summed E-state index contributed by atoms with van der Waals surface area (Å²) in [5.41, 5.74) is 8.25. The maximum atomic E-state index is 11.0. The van der Waals surface area contributed by atoms with E-state index in [1.165, 1.54) is 13.0 Å². The fraction of sp³-hybridized carbons (Fsp3) is 0.0909. The first-order chi connectivity index (χ1) is 8.93. The summed E-state index contributed by atoms with van der Waals surface area (Å²) in [6.45, 7) is 1.36. The zero-order valence-electron chi connectivity index (χ0n) is 9.99. The predicted molar refractivity (Wildman–Crippen MR) is 74.3 cm³/mol. The molecule has 1 rings (SSSR count). The minimum Gasteiger partial charge on any atom is -0.382 e. The van der Waals surface area contributed by atoms with Crippen molar-refractivity contribution in [1.29, 1.82) is 10.7 Å². The highest BCUT2D eigenvalue weighted by atomic mass is 35.5. The number of carbonyl (C=O) groups is 1. The van der Waals surface area contributed by atoms with Crippen LogP contribution in [0.4, 0.5) is 11.4 Å². The molecule has 1 aromatic carbocycles. The van der Waals surface area contributed by atoms with E-state index in [1.54, 1.807) is 18.2 Å². The number of halogens is 1. The van der Waals surface area contributed by atoms with Crippen molar-refractivity contribution in [3.05, 3.63) is 23.2 Å². The average molecular weight is 279 g/mol. The van der Waals surface area contributed by atoms with Gasteiger partial charge in [-0.3, -0.25) is 15.6 Å². The smallest absolute Gasteiger partial charge is 0.221 e. The highest BCUT2D eigenvalue weighted by Gasteiger charge is 2.06. The predicted octanol–water partition coefficient (Wildman–Crippen LogP) is 1.53. The molecule has 0 aliphatic rings. The fourth-order valence-electron chi connectivity index (χ4n) is 1.17. The van der Waals surface area contributed by atoms with Gasteiger partial charge < -0.3 is 11.1 Å². The monoisotopic (exact) mass is 278 g/mol. The molecule has 0 radical (unpaired) electrons. The van der Waals surface area contributed by atoms with Crippen LogP contribution in [0.2, 0.25) is 5.02 Å². The number of carbonyl (C=O) groups excluding carboxylic acids is 1. The van der Waals surface area contributed by atoms with Crippen LogP contribution >= 0.6 is 11.6 Å². The van der Waals surface area contributed by atoms with Crippen LogP contribution in [0.5, 0.6) is 0 Å². The van der Waals surface area contributed by atoms with E-state index < -0.39 is 5.84 Å². The van der Waals surface area contributed by atoms with E-state index in [-0.39, 0.29) is 11.6 Å². The quantitative estimate of drug-likeness (QED) is 0.378. The van der Waals surface area contributed by atoms with Crippen molar-refractivity contribution in [2.24, 2.45) is 10.8 Å². The van der Waals surface area contributed by atoms with Gasteiger partial charge in [-0.15, -0.1) is 0 Å². The number of hydrogen-bond acceptors (Lipinski definition) is 5. The van der Waals surface area contributed by atoms with Gasteiger partial charge in [0.15, 0.2) is 5.84 Å². The Balaban J connectivity index is 3.06. The average Bonchev–Trinajstić information content (AvgIpc) is 2.32. The largest absolute Gasteiger partial charge is 0.382 e. The summed E-state index contributed by atoms with van der Waals surface area (Å²) in [7, 11) is 0. The molecule has 0 fully saturated rings. The number of hydrazone groups is 1. The third-order valence-electron chi connectivity index (χ3n) is 1.94. The Kier molecular flexibility index (Phi) is 4.85. The number of amides is 1. The van der Waals surface area contributed by atoms with E-state index >= 15 is 0 Å². The Morgan fingerprint density at radius 2 is 2.21 bits per heavy atom. The molecule has 8 heteroatoms. The lowest BCUT2D eigenvalue weighted by molar-refractivity contribution is -0.114. The number of nitrogens with two attached hydrogens (primary N) is 1. The molecule has 0 aliphatic carbocycles. The second-order valence-corrected chi connectivity index (χ2v) is 3.91. The zero-order valence-corrected chi connectivity index (χ0v) is 10.7. The molecule has 0 bridgehead atoms. The Labute approximate surface area is 114 Å². The van der Waals surface area contributed by atoms with Gasteiger partial charge in [-0.2, -0.15) is 10.4 Å². The lowest BCUT2D eigenvalue weighted by Gasteiger charge is -2.09. The molecule has 1 amide bonds. The number of anilines is 2. The lowest BCUT2D eigenvalue weighted by atomic mass is 10.2. The number of amidine groups is 1. The number of hydrogen-bond donors (Lipinski definition) is 4. The highest BCUT2D eigenvalue weighted by molar-refractivity contribution is 6.45. The molecular weight excluding hydrogens is 268 g/mol. The molecule has 0 spiro atoms. The summed E-state index contributed by atoms with van der Waals surface area (Å²) < 4.78 is 0. The van der Waals surface area contributed by atoms with Gasteiger partial charge in [-0.05, 0) is 18.2 Å². The third-order valence-corrected chi connectivity index (χ3v) is 2.18. The van der Waals surface area contributed by atoms with Gasteiger partial charge in [-0.25, -0.2) is 0 Å². The number of nitrogens with one attached hydrogen (secondary N) is 3. The van der Waals surface area contributed by atoms with Crippen molar-refractivity contribution in [3.8, 4) is 6.07 Å². The van der Waals surface area contributed by atoms with E-state index in [2.05, 4.69) is 15.8 Å². The van der Waals surface area contributed by atoms with Crippen LogP contribution in [0.1, 0.15) is 6.92 Å². The van der Waals surface area contributed by atoms with Crippen molar-refractivity contribution < 1.29 is 4.79 Å². The maximum Gasteiger partial charge on any atom is 0.221 e. The van der Waals surface area contributed by atoms with Crippen LogP contribution in [0.15, 0.2) is 23.3 Å². The second-order valence-electron chi connectivity index (χ2n) is 3.47. The molecular formula is C11H11ClN6O. The SMILES string of the molecule is CC(=O)Nc1ccc(Cl)cc1N/N=C(\C#N)C(=N)N. The van der Waals surface area contributed by atoms with Gasteiger partial charge in [0.1, 0.15) is 6.07 Å². The van der Waals surface area contributed by atoms with Crippen LogP contribution in [0, 0.1) is 16.7 Å². The van der Waals surface area contributed by atoms with Crippen molar-refractivity contribution >= 4 is 40.4 Å². The highest BCUT2D eigenvalue weighted by Crippen LogP contribution is 2.25. The standard InChI is InChI=1S/C11H11ClN6O/c1-6(19)16-8-3-2-7(12)4-9(8)17-18-10(5-13)11(14)15/h2-4,17H,1H3,(H3,14,15)(H,16,19)/b18-10+. The first-order valence-corrected chi connectivity index (χ1v) is 5.47. The molecule has 0 aliphatic heterocycles. The summed E-state index contributed by atoms with van der Waals surface area (Å²) in [4.78, 5) is 11.0. The molecule has 0 aromatic heterocycles. The van der Waals surface area contributed by atoms with Gasteiger partial charge in [-0.1, -0.05) is 11.6 Å². The van der Waals surface area contributed by atoms with Crippen LogP contribution < -0.4 is 16.5 Å². The van der Waals surface area contributed by atoms with Crippen LogP contribution in [-0.4, -0.2) is 17.5 Å².